The third-order valence-electron chi connectivity index (χ3n) is 4.43. The van der Waals surface area contributed by atoms with Crippen LogP contribution in [0.4, 0.5) is 11.4 Å². The maximum Gasteiger partial charge on any atom is 0.0661 e. The van der Waals surface area contributed by atoms with Gasteiger partial charge in [0.1, 0.15) is 0 Å². The first-order valence-electron chi connectivity index (χ1n) is 8.76. The first kappa shape index (κ1) is 16.1. The number of para-hydroxylation sites is 2. The van der Waals surface area contributed by atoms with E-state index < -0.39 is 0 Å². The zero-order chi connectivity index (χ0) is 17.8. The molecule has 0 N–H and O–H groups in total. The molecule has 2 nitrogen and oxygen atoms in total. The van der Waals surface area contributed by atoms with Gasteiger partial charge in [-0.3, -0.25) is 0 Å². The molecule has 0 amide bonds. The normalized spacial score (nSPS) is 11.5. The highest BCUT2D eigenvalue weighted by Gasteiger charge is 2.10. The van der Waals surface area contributed by atoms with Gasteiger partial charge < -0.3 is 0 Å². The monoisotopic (exact) mass is 336 g/mol. The first-order valence-corrected chi connectivity index (χ1v) is 8.76. The molecule has 26 heavy (non-hydrogen) atoms. The van der Waals surface area contributed by atoms with Crippen LogP contribution in [0.15, 0.2) is 108 Å². The van der Waals surface area contributed by atoms with Crippen LogP contribution in [0, 0.1) is 0 Å². The van der Waals surface area contributed by atoms with Crippen molar-refractivity contribution in [3.05, 3.63) is 109 Å². The lowest BCUT2D eigenvalue weighted by molar-refractivity contribution is 1.08. The van der Waals surface area contributed by atoms with Crippen molar-refractivity contribution in [2.75, 3.05) is 5.01 Å². The summed E-state index contributed by atoms with van der Waals surface area (Å²) in [5.41, 5.74) is 4.21. The summed E-state index contributed by atoms with van der Waals surface area (Å²) >= 11 is 0. The number of nitrogens with zero attached hydrogens (tertiary/aromatic N) is 2. The van der Waals surface area contributed by atoms with Crippen molar-refractivity contribution in [3.63, 3.8) is 0 Å². The highest BCUT2D eigenvalue weighted by atomic mass is 15.5. The first-order chi connectivity index (χ1) is 12.8. The smallest absolute Gasteiger partial charge is 0.0661 e. The van der Waals surface area contributed by atoms with E-state index in [0.717, 1.165) is 22.6 Å². The van der Waals surface area contributed by atoms with Crippen molar-refractivity contribution in [1.29, 1.82) is 0 Å². The maximum atomic E-state index is 4.99. The average molecular weight is 336 g/mol. The molecule has 0 saturated carbocycles. The Kier molecular flexibility index (Phi) is 4.48. The number of hydrogen-bond acceptors (Lipinski definition) is 2. The molecule has 0 saturated heterocycles. The van der Waals surface area contributed by atoms with E-state index in [4.69, 9.17) is 5.10 Å². The van der Waals surface area contributed by atoms with Crippen LogP contribution in [-0.2, 0) is 0 Å². The molecule has 0 aliphatic heterocycles. The fourth-order valence-corrected chi connectivity index (χ4v) is 3.15. The van der Waals surface area contributed by atoms with Crippen LogP contribution in [0.25, 0.3) is 10.8 Å². The van der Waals surface area contributed by atoms with Crippen LogP contribution >= 0.6 is 0 Å². The molecule has 4 aromatic rings. The molecule has 4 aromatic carbocycles. The Hall–Kier alpha value is -3.39. The van der Waals surface area contributed by atoms with Gasteiger partial charge in [0, 0.05) is 5.56 Å². The summed E-state index contributed by atoms with van der Waals surface area (Å²) in [6.07, 6.45) is 0. The molecule has 0 fully saturated rings. The van der Waals surface area contributed by atoms with E-state index in [2.05, 4.69) is 73.7 Å². The molecular formula is C24H20N2. The molecule has 0 radical (unpaired) electrons. The predicted octanol–water partition coefficient (Wildman–Crippen LogP) is 6.40. The minimum Gasteiger partial charge on any atom is -0.234 e. The van der Waals surface area contributed by atoms with Crippen molar-refractivity contribution in [3.8, 4) is 0 Å². The van der Waals surface area contributed by atoms with Crippen molar-refractivity contribution < 1.29 is 0 Å². The van der Waals surface area contributed by atoms with E-state index in [1.165, 1.54) is 10.8 Å². The molecule has 0 spiro atoms. The van der Waals surface area contributed by atoms with Gasteiger partial charge in [0.05, 0.1) is 17.1 Å². The minimum atomic E-state index is 0.981. The second kappa shape index (κ2) is 7.24. The van der Waals surface area contributed by atoms with Gasteiger partial charge in [-0.2, -0.15) is 5.10 Å². The topological polar surface area (TPSA) is 15.6 Å². The molecule has 0 atom stereocenters. The summed E-state index contributed by atoms with van der Waals surface area (Å²) in [5, 5.41) is 9.43. The van der Waals surface area contributed by atoms with Crippen LogP contribution in [0.5, 0.6) is 0 Å². The Morgan fingerprint density at radius 2 is 1.15 bits per heavy atom. The lowest BCUT2D eigenvalue weighted by Crippen LogP contribution is -2.12. The zero-order valence-corrected chi connectivity index (χ0v) is 14.7. The van der Waals surface area contributed by atoms with Gasteiger partial charge in [-0.1, -0.05) is 78.9 Å². The van der Waals surface area contributed by atoms with E-state index >= 15 is 0 Å². The second-order valence-corrected chi connectivity index (χ2v) is 6.20. The summed E-state index contributed by atoms with van der Waals surface area (Å²) in [5.74, 6) is 0. The third kappa shape index (κ3) is 3.22. The summed E-state index contributed by atoms with van der Waals surface area (Å²) < 4.78 is 0. The van der Waals surface area contributed by atoms with Crippen LogP contribution in [0.2, 0.25) is 0 Å². The number of benzene rings is 4. The van der Waals surface area contributed by atoms with Gasteiger partial charge in [0.15, 0.2) is 0 Å². The van der Waals surface area contributed by atoms with Crippen molar-refractivity contribution >= 4 is 27.9 Å². The molecule has 0 aromatic heterocycles. The third-order valence-corrected chi connectivity index (χ3v) is 4.43. The zero-order valence-electron chi connectivity index (χ0n) is 14.7. The fraction of sp³-hybridized carbons (Fsp3) is 0.0417. The Labute approximate surface area is 154 Å². The van der Waals surface area contributed by atoms with Gasteiger partial charge in [0.25, 0.3) is 0 Å². The number of hydrazone groups is 1. The Bertz CT molecular complexity index is 992. The van der Waals surface area contributed by atoms with Crippen LogP contribution < -0.4 is 5.01 Å². The van der Waals surface area contributed by atoms with Gasteiger partial charge in [0.2, 0.25) is 0 Å². The number of fused-ring (bicyclic) bond motifs is 1. The van der Waals surface area contributed by atoms with Crippen LogP contribution in [-0.4, -0.2) is 5.71 Å². The van der Waals surface area contributed by atoms with Crippen molar-refractivity contribution in [2.24, 2.45) is 5.10 Å². The lowest BCUT2D eigenvalue weighted by atomic mass is 10.0. The Morgan fingerprint density at radius 1 is 0.615 bits per heavy atom. The van der Waals surface area contributed by atoms with E-state index in [0.29, 0.717) is 0 Å². The minimum absolute atomic E-state index is 0.981. The lowest BCUT2D eigenvalue weighted by Gasteiger charge is -2.21. The number of anilines is 2. The number of rotatable bonds is 4. The summed E-state index contributed by atoms with van der Waals surface area (Å²) in [6.45, 7) is 2.07. The predicted molar refractivity (Wildman–Crippen MR) is 111 cm³/mol. The van der Waals surface area contributed by atoms with E-state index in [1.807, 2.05) is 41.4 Å². The highest BCUT2D eigenvalue weighted by molar-refractivity contribution is 6.10. The molecular weight excluding hydrogens is 316 g/mol. The second-order valence-electron chi connectivity index (χ2n) is 6.20. The van der Waals surface area contributed by atoms with E-state index in [1.54, 1.807) is 0 Å². The molecule has 0 aliphatic carbocycles. The SMILES string of the molecule is C/C(=N/N(c1ccccc1)c1ccccc1)c1cccc2ccccc12. The van der Waals surface area contributed by atoms with Crippen molar-refractivity contribution in [2.45, 2.75) is 6.92 Å². The maximum absolute atomic E-state index is 4.99. The van der Waals surface area contributed by atoms with Gasteiger partial charge in [-0.05, 0) is 42.0 Å². The van der Waals surface area contributed by atoms with Crippen molar-refractivity contribution in [1.82, 2.24) is 0 Å². The van der Waals surface area contributed by atoms with Crippen LogP contribution in [0.1, 0.15) is 12.5 Å². The molecule has 0 bridgehead atoms. The highest BCUT2D eigenvalue weighted by Crippen LogP contribution is 2.27. The number of hydrogen-bond donors (Lipinski definition) is 0. The van der Waals surface area contributed by atoms with Gasteiger partial charge in [-0.15, -0.1) is 0 Å². The molecule has 2 heteroatoms. The molecule has 0 unspecified atom stereocenters. The standard InChI is InChI=1S/C24H20N2/c1-19(23-18-10-12-20-11-8-9-17-24(20)23)25-26(21-13-4-2-5-14-21)22-15-6-3-7-16-22/h2-18H,1H3/b25-19-. The average Bonchev–Trinajstić information content (AvgIpc) is 2.72. The Balaban J connectivity index is 1.84. The van der Waals surface area contributed by atoms with Gasteiger partial charge >= 0.3 is 0 Å². The molecule has 0 aliphatic rings. The van der Waals surface area contributed by atoms with Crippen LogP contribution in [0.3, 0.4) is 0 Å². The summed E-state index contributed by atoms with van der Waals surface area (Å²) in [6, 6.07) is 35.3. The van der Waals surface area contributed by atoms with E-state index in [-0.39, 0.29) is 0 Å². The van der Waals surface area contributed by atoms with Gasteiger partial charge in [-0.25, -0.2) is 5.01 Å². The fourth-order valence-electron chi connectivity index (χ4n) is 3.15. The molecule has 0 heterocycles. The summed E-state index contributed by atoms with van der Waals surface area (Å²) in [4.78, 5) is 0. The molecule has 4 rings (SSSR count). The van der Waals surface area contributed by atoms with E-state index in [9.17, 15) is 0 Å². The summed E-state index contributed by atoms with van der Waals surface area (Å²) in [7, 11) is 0. The Morgan fingerprint density at radius 3 is 1.81 bits per heavy atom. The largest absolute Gasteiger partial charge is 0.234 e. The quantitative estimate of drug-likeness (QED) is 0.311. The molecule has 126 valence electrons.